The lowest BCUT2D eigenvalue weighted by Gasteiger charge is -2.22. The molecule has 2 aromatic rings. The molecule has 5 nitrogen and oxygen atoms in total. The fourth-order valence-electron chi connectivity index (χ4n) is 3.93. The summed E-state index contributed by atoms with van der Waals surface area (Å²) in [6.07, 6.45) is 2.67. The smallest absolute Gasteiger partial charge is 0.251 e. The Kier molecular flexibility index (Phi) is 5.79. The molecular weight excluding hydrogens is 372 g/mol. The number of nitrogens with one attached hydrogen (secondary N) is 1. The number of carbonyl (C=O) groups is 1. The van der Waals surface area contributed by atoms with Gasteiger partial charge in [-0.1, -0.05) is 44.2 Å². The summed E-state index contributed by atoms with van der Waals surface area (Å²) in [6, 6.07) is 15.1. The zero-order chi connectivity index (χ0) is 20.5. The monoisotopic (exact) mass is 400 g/mol. The number of anilines is 1. The van der Waals surface area contributed by atoms with E-state index in [1.807, 2.05) is 43.3 Å². The Morgan fingerprint density at radius 3 is 2.46 bits per heavy atom. The maximum Gasteiger partial charge on any atom is 0.251 e. The first-order chi connectivity index (χ1) is 13.2. The van der Waals surface area contributed by atoms with Gasteiger partial charge in [-0.3, -0.25) is 9.10 Å². The van der Waals surface area contributed by atoms with Crippen molar-refractivity contribution in [2.75, 3.05) is 10.6 Å². The molecule has 28 heavy (non-hydrogen) atoms. The molecule has 2 aromatic carbocycles. The quantitative estimate of drug-likeness (QED) is 0.799. The van der Waals surface area contributed by atoms with Gasteiger partial charge in [0, 0.05) is 11.6 Å². The van der Waals surface area contributed by atoms with Gasteiger partial charge in [0.25, 0.3) is 5.91 Å². The fraction of sp³-hybridized carbons (Fsp3) is 0.409. The molecule has 0 unspecified atom stereocenters. The van der Waals surface area contributed by atoms with E-state index in [2.05, 4.69) is 19.2 Å². The van der Waals surface area contributed by atoms with Gasteiger partial charge in [-0.2, -0.15) is 0 Å². The number of hydrogen-bond acceptors (Lipinski definition) is 3. The van der Waals surface area contributed by atoms with Crippen molar-refractivity contribution in [1.29, 1.82) is 0 Å². The van der Waals surface area contributed by atoms with Crippen molar-refractivity contribution in [3.05, 3.63) is 65.2 Å². The SMILES string of the molecule is CC(C)C[C@H](NC(=O)c1ccc2c(c1)C[C@@H](C)N2S(C)(=O)=O)c1ccccc1. The average Bonchev–Trinajstić information content (AvgIpc) is 2.96. The zero-order valence-corrected chi connectivity index (χ0v) is 17.7. The Bertz CT molecular complexity index is 955. The Labute approximate surface area is 167 Å². The number of rotatable bonds is 6. The molecule has 3 rings (SSSR count). The van der Waals surface area contributed by atoms with E-state index < -0.39 is 10.0 Å². The lowest BCUT2D eigenvalue weighted by molar-refractivity contribution is 0.0932. The summed E-state index contributed by atoms with van der Waals surface area (Å²) in [7, 11) is -3.33. The van der Waals surface area contributed by atoms with Crippen molar-refractivity contribution >= 4 is 21.6 Å². The predicted octanol–water partition coefficient (Wildman–Crippen LogP) is 3.91. The van der Waals surface area contributed by atoms with E-state index in [1.165, 1.54) is 10.6 Å². The second-order valence-electron chi connectivity index (χ2n) is 8.02. The van der Waals surface area contributed by atoms with Crippen LogP contribution in [0.3, 0.4) is 0 Å². The fourth-order valence-corrected chi connectivity index (χ4v) is 5.19. The average molecular weight is 401 g/mol. The van der Waals surface area contributed by atoms with Crippen LogP contribution in [0.15, 0.2) is 48.5 Å². The molecular formula is C22H28N2O3S. The highest BCUT2D eigenvalue weighted by atomic mass is 32.2. The number of benzene rings is 2. The zero-order valence-electron chi connectivity index (χ0n) is 16.8. The van der Waals surface area contributed by atoms with E-state index in [-0.39, 0.29) is 18.0 Å². The molecule has 1 N–H and O–H groups in total. The van der Waals surface area contributed by atoms with Gasteiger partial charge in [0.05, 0.1) is 18.0 Å². The van der Waals surface area contributed by atoms with Gasteiger partial charge in [-0.05, 0) is 55.0 Å². The van der Waals surface area contributed by atoms with Crippen molar-refractivity contribution in [2.45, 2.75) is 45.7 Å². The van der Waals surface area contributed by atoms with Crippen molar-refractivity contribution in [3.63, 3.8) is 0 Å². The first-order valence-corrected chi connectivity index (χ1v) is 11.5. The predicted molar refractivity (Wildman–Crippen MR) is 113 cm³/mol. The summed E-state index contributed by atoms with van der Waals surface area (Å²) < 4.78 is 25.6. The van der Waals surface area contributed by atoms with E-state index in [0.29, 0.717) is 23.6 Å². The van der Waals surface area contributed by atoms with Gasteiger partial charge < -0.3 is 5.32 Å². The number of amides is 1. The summed E-state index contributed by atoms with van der Waals surface area (Å²) in [6.45, 7) is 6.16. The van der Waals surface area contributed by atoms with E-state index in [9.17, 15) is 13.2 Å². The van der Waals surface area contributed by atoms with Crippen LogP contribution in [-0.2, 0) is 16.4 Å². The molecule has 0 radical (unpaired) electrons. The summed E-state index contributed by atoms with van der Waals surface area (Å²) >= 11 is 0. The van der Waals surface area contributed by atoms with E-state index in [1.54, 1.807) is 12.1 Å². The van der Waals surface area contributed by atoms with Gasteiger partial charge in [0.1, 0.15) is 0 Å². The molecule has 6 heteroatoms. The topological polar surface area (TPSA) is 66.5 Å². The van der Waals surface area contributed by atoms with Crippen LogP contribution >= 0.6 is 0 Å². The van der Waals surface area contributed by atoms with E-state index in [4.69, 9.17) is 0 Å². The number of hydrogen-bond donors (Lipinski definition) is 1. The van der Waals surface area contributed by atoms with Crippen LogP contribution in [0.25, 0.3) is 0 Å². The number of sulfonamides is 1. The molecule has 0 aromatic heterocycles. The minimum atomic E-state index is -3.33. The van der Waals surface area contributed by atoms with Gasteiger partial charge in [0.15, 0.2) is 0 Å². The summed E-state index contributed by atoms with van der Waals surface area (Å²) in [5.74, 6) is 0.303. The lowest BCUT2D eigenvalue weighted by atomic mass is 9.96. The Balaban J connectivity index is 1.84. The molecule has 1 heterocycles. The van der Waals surface area contributed by atoms with Crippen LogP contribution in [0.2, 0.25) is 0 Å². The lowest BCUT2D eigenvalue weighted by Crippen LogP contribution is -2.34. The van der Waals surface area contributed by atoms with E-state index >= 15 is 0 Å². The molecule has 1 aliphatic heterocycles. The minimum absolute atomic E-state index is 0.0617. The Hall–Kier alpha value is -2.34. The Morgan fingerprint density at radius 1 is 1.18 bits per heavy atom. The maximum absolute atomic E-state index is 12.9. The second kappa shape index (κ2) is 7.95. The summed E-state index contributed by atoms with van der Waals surface area (Å²) in [5.41, 5.74) is 3.22. The largest absolute Gasteiger partial charge is 0.345 e. The van der Waals surface area contributed by atoms with Gasteiger partial charge in [0.2, 0.25) is 10.0 Å². The first kappa shape index (κ1) is 20.4. The van der Waals surface area contributed by atoms with Crippen molar-refractivity contribution < 1.29 is 13.2 Å². The summed E-state index contributed by atoms with van der Waals surface area (Å²) in [5, 5.41) is 3.15. The van der Waals surface area contributed by atoms with Gasteiger partial charge in [-0.15, -0.1) is 0 Å². The molecule has 0 spiro atoms. The highest BCUT2D eigenvalue weighted by molar-refractivity contribution is 7.92. The van der Waals surface area contributed by atoms with Crippen molar-refractivity contribution in [2.24, 2.45) is 5.92 Å². The van der Waals surface area contributed by atoms with Crippen LogP contribution < -0.4 is 9.62 Å². The van der Waals surface area contributed by atoms with Crippen LogP contribution in [0.1, 0.15) is 54.7 Å². The van der Waals surface area contributed by atoms with Gasteiger partial charge >= 0.3 is 0 Å². The molecule has 150 valence electrons. The number of carbonyl (C=O) groups excluding carboxylic acids is 1. The summed E-state index contributed by atoms with van der Waals surface area (Å²) in [4.78, 5) is 12.9. The van der Waals surface area contributed by atoms with Gasteiger partial charge in [-0.25, -0.2) is 8.42 Å². The third-order valence-electron chi connectivity index (χ3n) is 5.07. The normalized spacial score (nSPS) is 17.5. The number of fused-ring (bicyclic) bond motifs is 1. The standard InChI is InChI=1S/C22H28N2O3S/c1-15(2)12-20(17-8-6-5-7-9-17)23-22(25)18-10-11-21-19(14-18)13-16(3)24(21)28(4,26)27/h5-11,14-16,20H,12-13H2,1-4H3,(H,23,25)/t16-,20+/m1/s1. The Morgan fingerprint density at radius 2 is 1.86 bits per heavy atom. The molecule has 0 fully saturated rings. The molecule has 0 saturated heterocycles. The van der Waals surface area contributed by atoms with Crippen LogP contribution in [0.5, 0.6) is 0 Å². The van der Waals surface area contributed by atoms with Crippen LogP contribution in [0.4, 0.5) is 5.69 Å². The first-order valence-electron chi connectivity index (χ1n) is 9.65. The van der Waals surface area contributed by atoms with Crippen molar-refractivity contribution in [3.8, 4) is 0 Å². The molecule has 1 amide bonds. The highest BCUT2D eigenvalue weighted by Crippen LogP contribution is 2.35. The van der Waals surface area contributed by atoms with Crippen LogP contribution in [0, 0.1) is 5.92 Å². The second-order valence-corrected chi connectivity index (χ2v) is 9.88. The molecule has 2 atom stereocenters. The van der Waals surface area contributed by atoms with Crippen molar-refractivity contribution in [1.82, 2.24) is 5.32 Å². The minimum Gasteiger partial charge on any atom is -0.345 e. The third-order valence-corrected chi connectivity index (χ3v) is 6.34. The molecule has 0 saturated carbocycles. The molecule has 0 aliphatic carbocycles. The maximum atomic E-state index is 12.9. The molecule has 1 aliphatic rings. The highest BCUT2D eigenvalue weighted by Gasteiger charge is 2.33. The van der Waals surface area contributed by atoms with Crippen LogP contribution in [-0.4, -0.2) is 26.6 Å². The number of nitrogens with zero attached hydrogens (tertiary/aromatic N) is 1. The van der Waals surface area contributed by atoms with E-state index in [0.717, 1.165) is 17.5 Å². The third kappa shape index (κ3) is 4.38. The molecule has 0 bridgehead atoms.